The fraction of sp³-hybridized carbons (Fsp3) is 0.357. The summed E-state index contributed by atoms with van der Waals surface area (Å²) in [4.78, 5) is 4.09. The highest BCUT2D eigenvalue weighted by molar-refractivity contribution is 7.85. The number of rotatable bonds is 3. The predicted octanol–water partition coefficient (Wildman–Crippen LogP) is 2.20. The van der Waals surface area contributed by atoms with E-state index in [2.05, 4.69) is 22.4 Å². The summed E-state index contributed by atoms with van der Waals surface area (Å²) in [6, 6.07) is 8.63. The van der Waals surface area contributed by atoms with Gasteiger partial charge in [0, 0.05) is 40.7 Å². The number of nitrogens with one attached hydrogen (secondary N) is 1. The lowest BCUT2D eigenvalue weighted by Crippen LogP contribution is -2.29. The van der Waals surface area contributed by atoms with Crippen LogP contribution in [0.2, 0.25) is 0 Å². The maximum atomic E-state index is 11.4. The molecule has 0 radical (unpaired) electrons. The molecular formula is C14H17N3OS. The van der Waals surface area contributed by atoms with Crippen LogP contribution in [0.5, 0.6) is 0 Å². The van der Waals surface area contributed by atoms with Gasteiger partial charge in [0.2, 0.25) is 0 Å². The molecular weight excluding hydrogens is 258 g/mol. The normalized spacial score (nSPS) is 23.2. The monoisotopic (exact) mass is 275 g/mol. The molecule has 0 unspecified atom stereocenters. The van der Waals surface area contributed by atoms with Gasteiger partial charge in [-0.3, -0.25) is 4.21 Å². The maximum absolute atomic E-state index is 11.4. The van der Waals surface area contributed by atoms with Crippen molar-refractivity contribution in [2.45, 2.75) is 18.9 Å². The third-order valence-electron chi connectivity index (χ3n) is 3.43. The molecule has 0 saturated carbocycles. The molecule has 3 rings (SSSR count). The zero-order valence-corrected chi connectivity index (χ0v) is 11.5. The summed E-state index contributed by atoms with van der Waals surface area (Å²) in [6.07, 6.45) is 7.48. The van der Waals surface area contributed by atoms with Gasteiger partial charge < -0.3 is 9.88 Å². The van der Waals surface area contributed by atoms with Crippen molar-refractivity contribution in [2.24, 2.45) is 0 Å². The van der Waals surface area contributed by atoms with Gasteiger partial charge in [-0.25, -0.2) is 4.98 Å². The van der Waals surface area contributed by atoms with Gasteiger partial charge in [0.05, 0.1) is 17.7 Å². The van der Waals surface area contributed by atoms with Crippen LogP contribution >= 0.6 is 0 Å². The summed E-state index contributed by atoms with van der Waals surface area (Å²) >= 11 is 0. The number of hydrogen-bond donors (Lipinski definition) is 1. The molecule has 1 saturated heterocycles. The number of nitrogens with zero attached hydrogens (tertiary/aromatic N) is 2. The van der Waals surface area contributed by atoms with Crippen molar-refractivity contribution in [3.8, 4) is 5.69 Å². The summed E-state index contributed by atoms with van der Waals surface area (Å²) < 4.78 is 13.4. The van der Waals surface area contributed by atoms with E-state index in [9.17, 15) is 4.21 Å². The molecule has 1 aliphatic rings. The highest BCUT2D eigenvalue weighted by atomic mass is 32.2. The summed E-state index contributed by atoms with van der Waals surface area (Å²) in [7, 11) is -0.609. The van der Waals surface area contributed by atoms with Crippen molar-refractivity contribution in [3.05, 3.63) is 43.0 Å². The highest BCUT2D eigenvalue weighted by Crippen LogP contribution is 2.23. The number of aromatic nitrogens is 2. The van der Waals surface area contributed by atoms with Crippen LogP contribution in [0.3, 0.4) is 0 Å². The van der Waals surface area contributed by atoms with E-state index in [0.717, 1.165) is 35.7 Å². The van der Waals surface area contributed by atoms with Gasteiger partial charge in [0.25, 0.3) is 0 Å². The highest BCUT2D eigenvalue weighted by Gasteiger charge is 2.18. The summed E-state index contributed by atoms with van der Waals surface area (Å²) in [5, 5.41) is 3.58. The fourth-order valence-electron chi connectivity index (χ4n) is 2.38. The van der Waals surface area contributed by atoms with Crippen molar-refractivity contribution < 1.29 is 4.21 Å². The Hall–Kier alpha value is -1.62. The molecule has 2 aromatic rings. The van der Waals surface area contributed by atoms with Gasteiger partial charge in [-0.15, -0.1) is 0 Å². The minimum atomic E-state index is -0.609. The van der Waals surface area contributed by atoms with E-state index in [-0.39, 0.29) is 0 Å². The van der Waals surface area contributed by atoms with Crippen LogP contribution in [0.4, 0.5) is 5.69 Å². The van der Waals surface area contributed by atoms with E-state index in [1.807, 2.05) is 22.9 Å². The molecule has 2 heterocycles. The number of anilines is 1. The second-order valence-corrected chi connectivity index (χ2v) is 6.45. The van der Waals surface area contributed by atoms with E-state index in [1.54, 1.807) is 12.5 Å². The second kappa shape index (κ2) is 5.57. The second-order valence-electron chi connectivity index (χ2n) is 4.75. The summed E-state index contributed by atoms with van der Waals surface area (Å²) in [5.41, 5.74) is 2.21. The van der Waals surface area contributed by atoms with Crippen LogP contribution < -0.4 is 5.32 Å². The van der Waals surface area contributed by atoms with Gasteiger partial charge in [-0.1, -0.05) is 12.1 Å². The smallest absolute Gasteiger partial charge is 0.0992 e. The quantitative estimate of drug-likeness (QED) is 0.934. The van der Waals surface area contributed by atoms with Gasteiger partial charge in [0.1, 0.15) is 0 Å². The minimum Gasteiger partial charge on any atom is -0.381 e. The van der Waals surface area contributed by atoms with Crippen LogP contribution in [0.25, 0.3) is 5.69 Å². The van der Waals surface area contributed by atoms with Crippen molar-refractivity contribution >= 4 is 16.5 Å². The fourth-order valence-corrected chi connectivity index (χ4v) is 3.68. The molecule has 1 aromatic heterocycles. The first kappa shape index (κ1) is 12.4. The largest absolute Gasteiger partial charge is 0.381 e. The Morgan fingerprint density at radius 3 is 2.79 bits per heavy atom. The van der Waals surface area contributed by atoms with Crippen LogP contribution in [0, 0.1) is 0 Å². The van der Waals surface area contributed by atoms with Gasteiger partial charge in [-0.2, -0.15) is 0 Å². The third kappa shape index (κ3) is 2.87. The van der Waals surface area contributed by atoms with E-state index in [4.69, 9.17) is 0 Å². The molecule has 5 heteroatoms. The zero-order chi connectivity index (χ0) is 13.1. The Kier molecular flexibility index (Phi) is 3.64. The Balaban J connectivity index is 1.79. The van der Waals surface area contributed by atoms with Crippen molar-refractivity contribution in [3.63, 3.8) is 0 Å². The van der Waals surface area contributed by atoms with E-state index >= 15 is 0 Å². The first-order valence-corrected chi connectivity index (χ1v) is 8.00. The molecule has 4 nitrogen and oxygen atoms in total. The third-order valence-corrected chi connectivity index (χ3v) is 4.82. The molecule has 100 valence electrons. The van der Waals surface area contributed by atoms with E-state index in [0.29, 0.717) is 6.04 Å². The molecule has 19 heavy (non-hydrogen) atoms. The van der Waals surface area contributed by atoms with Crippen LogP contribution in [0.1, 0.15) is 12.8 Å². The number of benzene rings is 1. The van der Waals surface area contributed by atoms with E-state index in [1.165, 1.54) is 0 Å². The molecule has 0 bridgehead atoms. The van der Waals surface area contributed by atoms with E-state index < -0.39 is 10.8 Å². The van der Waals surface area contributed by atoms with Crippen molar-refractivity contribution in [1.29, 1.82) is 0 Å². The average Bonchev–Trinajstić information content (AvgIpc) is 2.96. The summed E-state index contributed by atoms with van der Waals surface area (Å²) in [5.74, 6) is 1.62. The molecule has 1 aliphatic heterocycles. The number of hydrogen-bond acceptors (Lipinski definition) is 3. The lowest BCUT2D eigenvalue weighted by molar-refractivity contribution is 0.624. The van der Waals surface area contributed by atoms with Crippen LogP contribution in [0.15, 0.2) is 43.0 Å². The Labute approximate surface area is 115 Å². The Morgan fingerprint density at radius 1 is 1.26 bits per heavy atom. The molecule has 0 spiro atoms. The van der Waals surface area contributed by atoms with Gasteiger partial charge in [-0.05, 0) is 25.0 Å². The Bertz CT molecular complexity index is 558. The number of para-hydroxylation sites is 2. The lowest BCUT2D eigenvalue weighted by Gasteiger charge is -2.25. The molecule has 0 aliphatic carbocycles. The first-order valence-electron chi connectivity index (χ1n) is 6.52. The van der Waals surface area contributed by atoms with Gasteiger partial charge in [0.15, 0.2) is 0 Å². The predicted molar refractivity (Wildman–Crippen MR) is 78.1 cm³/mol. The maximum Gasteiger partial charge on any atom is 0.0992 e. The average molecular weight is 275 g/mol. The van der Waals surface area contributed by atoms with Crippen LogP contribution in [-0.2, 0) is 10.8 Å². The minimum absolute atomic E-state index is 0.419. The molecule has 0 amide bonds. The molecule has 1 N–H and O–H groups in total. The molecule has 1 aromatic carbocycles. The van der Waals surface area contributed by atoms with Crippen molar-refractivity contribution in [1.82, 2.24) is 9.55 Å². The first-order chi connectivity index (χ1) is 9.33. The summed E-state index contributed by atoms with van der Waals surface area (Å²) in [6.45, 7) is 0. The van der Waals surface area contributed by atoms with Crippen molar-refractivity contribution in [2.75, 3.05) is 16.8 Å². The molecule has 0 atom stereocenters. The van der Waals surface area contributed by atoms with Gasteiger partial charge >= 0.3 is 0 Å². The van der Waals surface area contributed by atoms with Crippen LogP contribution in [-0.4, -0.2) is 31.3 Å². The SMILES string of the molecule is O=S1CCC(Nc2ccccc2-n2ccnc2)CC1. The lowest BCUT2D eigenvalue weighted by atomic mass is 10.1. The zero-order valence-electron chi connectivity index (χ0n) is 10.7. The Morgan fingerprint density at radius 2 is 2.05 bits per heavy atom. The topological polar surface area (TPSA) is 46.9 Å². The number of imidazole rings is 1. The molecule has 1 fully saturated rings. The standard InChI is InChI=1S/C14H17N3OS/c18-19-9-5-12(6-10-19)16-13-3-1-2-4-14(13)17-8-7-15-11-17/h1-4,7-8,11-12,16H,5-6,9-10H2.